The molecule has 0 heterocycles. The highest BCUT2D eigenvalue weighted by atomic mass is 32.2. The molecule has 1 aliphatic carbocycles. The van der Waals surface area contributed by atoms with Gasteiger partial charge >= 0.3 is 0 Å². The van der Waals surface area contributed by atoms with Gasteiger partial charge in [-0.2, -0.15) is 5.26 Å². The lowest BCUT2D eigenvalue weighted by Crippen LogP contribution is -2.10. The Morgan fingerprint density at radius 2 is 1.65 bits per heavy atom. The van der Waals surface area contributed by atoms with E-state index in [1.54, 1.807) is 43.5 Å². The lowest BCUT2D eigenvalue weighted by molar-refractivity contribution is 0.414. The number of hydrogen-bond donors (Lipinski definition) is 0. The fourth-order valence-corrected chi connectivity index (χ4v) is 5.00. The van der Waals surface area contributed by atoms with Crippen LogP contribution in [-0.4, -0.2) is 20.8 Å². The number of nitrogens with zero attached hydrogens (tertiary/aromatic N) is 1. The molecular weight excluding hydrogens is 310 g/mol. The van der Waals surface area contributed by atoms with Crippen LogP contribution in [-0.2, 0) is 9.84 Å². The molecule has 1 fully saturated rings. The van der Waals surface area contributed by atoms with Crippen molar-refractivity contribution in [2.24, 2.45) is 5.92 Å². The second kappa shape index (κ2) is 5.71. The number of methoxy groups -OCH3 is 1. The molecule has 0 saturated heterocycles. The van der Waals surface area contributed by atoms with Gasteiger partial charge in [-0.25, -0.2) is 8.42 Å². The van der Waals surface area contributed by atoms with Gasteiger partial charge in [0.2, 0.25) is 0 Å². The summed E-state index contributed by atoms with van der Waals surface area (Å²) < 4.78 is 30.7. The van der Waals surface area contributed by atoms with Gasteiger partial charge in [0.1, 0.15) is 5.75 Å². The topological polar surface area (TPSA) is 67.2 Å². The van der Waals surface area contributed by atoms with Crippen LogP contribution in [0.5, 0.6) is 5.75 Å². The molecule has 5 heteroatoms. The second-order valence-corrected chi connectivity index (χ2v) is 7.88. The van der Waals surface area contributed by atoms with Crippen LogP contribution in [0.25, 0.3) is 0 Å². The van der Waals surface area contributed by atoms with E-state index in [1.165, 1.54) is 0 Å². The van der Waals surface area contributed by atoms with E-state index in [-0.39, 0.29) is 10.8 Å². The van der Waals surface area contributed by atoms with Crippen LogP contribution in [0.2, 0.25) is 0 Å². The minimum Gasteiger partial charge on any atom is -0.497 e. The van der Waals surface area contributed by atoms with Crippen LogP contribution in [0.15, 0.2) is 53.4 Å². The highest BCUT2D eigenvalue weighted by Gasteiger charge is 2.59. The standard InChI is InChI=1S/C18H17NO3S/c1-12-3-9-15(10-4-12)23(20,21)18-16(11-19)17(18)13-5-7-14(22-2)8-6-13/h3-10,16-18H,1-2H3/t16-,17+,18+/m0/s1. The van der Waals surface area contributed by atoms with Crippen LogP contribution < -0.4 is 4.74 Å². The van der Waals surface area contributed by atoms with Crippen molar-refractivity contribution >= 4 is 9.84 Å². The number of hydrogen-bond acceptors (Lipinski definition) is 4. The van der Waals surface area contributed by atoms with Crippen molar-refractivity contribution in [2.75, 3.05) is 7.11 Å². The fraction of sp³-hybridized carbons (Fsp3) is 0.278. The molecular formula is C18H17NO3S. The van der Waals surface area contributed by atoms with E-state index in [2.05, 4.69) is 6.07 Å². The monoisotopic (exact) mass is 327 g/mol. The van der Waals surface area contributed by atoms with Crippen molar-refractivity contribution in [1.82, 2.24) is 0 Å². The molecule has 0 radical (unpaired) electrons. The van der Waals surface area contributed by atoms with Gasteiger partial charge in [-0.15, -0.1) is 0 Å². The molecule has 3 atom stereocenters. The van der Waals surface area contributed by atoms with Gasteiger partial charge < -0.3 is 4.74 Å². The summed E-state index contributed by atoms with van der Waals surface area (Å²) in [6.07, 6.45) is 0. The first-order valence-corrected chi connectivity index (χ1v) is 8.88. The summed E-state index contributed by atoms with van der Waals surface area (Å²) in [7, 11) is -1.93. The normalized spacial score (nSPS) is 23.1. The number of rotatable bonds is 4. The molecule has 0 unspecified atom stereocenters. The molecule has 0 N–H and O–H groups in total. The summed E-state index contributed by atoms with van der Waals surface area (Å²) in [4.78, 5) is 0.282. The Morgan fingerprint density at radius 1 is 1.04 bits per heavy atom. The van der Waals surface area contributed by atoms with Gasteiger partial charge in [-0.3, -0.25) is 0 Å². The highest BCUT2D eigenvalue weighted by molar-refractivity contribution is 7.92. The SMILES string of the molecule is COc1ccc([C@@H]2[C@H](C#N)[C@H]2S(=O)(=O)c2ccc(C)cc2)cc1. The molecule has 0 aromatic heterocycles. The molecule has 1 saturated carbocycles. The molecule has 0 bridgehead atoms. The number of aryl methyl sites for hydroxylation is 1. The molecule has 118 valence electrons. The van der Waals surface area contributed by atoms with Gasteiger partial charge in [0, 0.05) is 5.92 Å². The third-order valence-corrected chi connectivity index (χ3v) is 6.54. The lowest BCUT2D eigenvalue weighted by atomic mass is 10.1. The molecule has 2 aromatic carbocycles. The van der Waals surface area contributed by atoms with Crippen molar-refractivity contribution in [3.05, 3.63) is 59.7 Å². The maximum Gasteiger partial charge on any atom is 0.183 e. The zero-order valence-electron chi connectivity index (χ0n) is 12.9. The van der Waals surface area contributed by atoms with Gasteiger partial charge in [0.25, 0.3) is 0 Å². The molecule has 4 nitrogen and oxygen atoms in total. The van der Waals surface area contributed by atoms with Crippen molar-refractivity contribution < 1.29 is 13.2 Å². The van der Waals surface area contributed by atoms with Gasteiger partial charge in [0.15, 0.2) is 9.84 Å². The van der Waals surface area contributed by atoms with E-state index in [0.717, 1.165) is 11.1 Å². The highest BCUT2D eigenvalue weighted by Crippen LogP contribution is 2.53. The molecule has 0 aliphatic heterocycles. The van der Waals surface area contributed by atoms with E-state index in [1.807, 2.05) is 19.1 Å². The Labute approximate surface area is 136 Å². The predicted molar refractivity (Wildman–Crippen MR) is 87.0 cm³/mol. The Hall–Kier alpha value is -2.32. The number of benzene rings is 2. The summed E-state index contributed by atoms with van der Waals surface area (Å²) in [5.74, 6) is -0.0762. The van der Waals surface area contributed by atoms with Crippen LogP contribution in [0.4, 0.5) is 0 Å². The predicted octanol–water partition coefficient (Wildman–Crippen LogP) is 3.08. The first-order chi connectivity index (χ1) is 11.0. The lowest BCUT2D eigenvalue weighted by Gasteiger charge is -2.05. The van der Waals surface area contributed by atoms with Gasteiger partial charge in [0.05, 0.1) is 29.2 Å². The van der Waals surface area contributed by atoms with Crippen molar-refractivity contribution in [2.45, 2.75) is 23.0 Å². The minimum atomic E-state index is -3.51. The number of sulfone groups is 1. The van der Waals surface area contributed by atoms with Crippen molar-refractivity contribution in [3.8, 4) is 11.8 Å². The number of nitriles is 1. The maximum absolute atomic E-state index is 12.8. The van der Waals surface area contributed by atoms with E-state index < -0.39 is 21.0 Å². The average molecular weight is 327 g/mol. The Bertz CT molecular complexity index is 849. The fourth-order valence-electron chi connectivity index (χ4n) is 2.93. The third-order valence-electron chi connectivity index (χ3n) is 4.31. The van der Waals surface area contributed by atoms with Crippen LogP contribution >= 0.6 is 0 Å². The zero-order chi connectivity index (χ0) is 16.6. The third kappa shape index (κ3) is 2.71. The smallest absolute Gasteiger partial charge is 0.183 e. The molecule has 23 heavy (non-hydrogen) atoms. The molecule has 3 rings (SSSR count). The first-order valence-electron chi connectivity index (χ1n) is 7.33. The summed E-state index contributed by atoms with van der Waals surface area (Å²) in [5, 5.41) is 8.65. The van der Waals surface area contributed by atoms with Gasteiger partial charge in [-0.05, 0) is 36.8 Å². The summed E-state index contributed by atoms with van der Waals surface area (Å²) in [6.45, 7) is 1.91. The second-order valence-electron chi connectivity index (χ2n) is 5.78. The summed E-state index contributed by atoms with van der Waals surface area (Å²) >= 11 is 0. The minimum absolute atomic E-state index is 0.280. The van der Waals surface area contributed by atoms with Gasteiger partial charge in [-0.1, -0.05) is 29.8 Å². The molecule has 0 spiro atoms. The Kier molecular flexibility index (Phi) is 3.87. The summed E-state index contributed by atoms with van der Waals surface area (Å²) in [6, 6.07) is 16.2. The van der Waals surface area contributed by atoms with Crippen molar-refractivity contribution in [1.29, 1.82) is 5.26 Å². The molecule has 0 amide bonds. The van der Waals surface area contributed by atoms with Crippen molar-refractivity contribution in [3.63, 3.8) is 0 Å². The average Bonchev–Trinajstić information content (AvgIpc) is 3.31. The molecule has 2 aromatic rings. The molecule has 1 aliphatic rings. The van der Waals surface area contributed by atoms with Crippen LogP contribution in [0, 0.1) is 24.2 Å². The maximum atomic E-state index is 12.8. The van der Waals surface area contributed by atoms with Crippen LogP contribution in [0.1, 0.15) is 17.0 Å². The van der Waals surface area contributed by atoms with E-state index in [4.69, 9.17) is 4.74 Å². The first kappa shape index (κ1) is 15.6. The van der Waals surface area contributed by atoms with Crippen LogP contribution in [0.3, 0.4) is 0 Å². The Morgan fingerprint density at radius 3 is 2.17 bits per heavy atom. The zero-order valence-corrected chi connectivity index (χ0v) is 13.7. The Balaban J connectivity index is 1.92. The summed E-state index contributed by atoms with van der Waals surface area (Å²) in [5.41, 5.74) is 1.86. The quantitative estimate of drug-likeness (QED) is 0.865. The van der Waals surface area contributed by atoms with E-state index in [9.17, 15) is 13.7 Å². The largest absolute Gasteiger partial charge is 0.497 e. The van der Waals surface area contributed by atoms with E-state index >= 15 is 0 Å². The number of ether oxygens (including phenoxy) is 1. The van der Waals surface area contributed by atoms with E-state index in [0.29, 0.717) is 5.75 Å².